The highest BCUT2D eigenvalue weighted by molar-refractivity contribution is 9.24. The number of benzene rings is 3. The molecule has 0 heterocycles. The van der Waals surface area contributed by atoms with Crippen LogP contribution in [0, 0.1) is 6.92 Å². The molecule has 1 aliphatic carbocycles. The summed E-state index contributed by atoms with van der Waals surface area (Å²) in [7, 11) is 0. The predicted molar refractivity (Wildman–Crippen MR) is 94.7 cm³/mol. The molecule has 0 fully saturated rings. The van der Waals surface area contributed by atoms with E-state index in [0.29, 0.717) is 6.42 Å². The summed E-state index contributed by atoms with van der Waals surface area (Å²) in [5.74, 6) is 0.192. The standard InChI is InChI=1S/C18H12Br2O/c1-10-8-14-15(21)9-18(19,20)17(14)13-7-6-11-4-2-3-5-12(11)16(10)13/h2-8H,9H2,1H3. The molecule has 21 heavy (non-hydrogen) atoms. The quantitative estimate of drug-likeness (QED) is 0.341. The van der Waals surface area contributed by atoms with Crippen molar-refractivity contribution in [2.24, 2.45) is 0 Å². The molecule has 3 heteroatoms. The van der Waals surface area contributed by atoms with Crippen LogP contribution in [0.25, 0.3) is 21.5 Å². The smallest absolute Gasteiger partial charge is 0.165 e. The fourth-order valence-electron chi connectivity index (χ4n) is 3.41. The van der Waals surface area contributed by atoms with Gasteiger partial charge in [-0.25, -0.2) is 0 Å². The summed E-state index contributed by atoms with van der Waals surface area (Å²) < 4.78 is -0.444. The van der Waals surface area contributed by atoms with E-state index < -0.39 is 3.23 Å². The summed E-state index contributed by atoms with van der Waals surface area (Å²) in [5.41, 5.74) is 3.06. The third-order valence-corrected chi connectivity index (χ3v) is 5.63. The molecule has 0 saturated carbocycles. The van der Waals surface area contributed by atoms with E-state index in [-0.39, 0.29) is 5.78 Å². The van der Waals surface area contributed by atoms with Crippen LogP contribution in [0.4, 0.5) is 0 Å². The van der Waals surface area contributed by atoms with Crippen molar-refractivity contribution < 1.29 is 4.79 Å². The van der Waals surface area contributed by atoms with Crippen molar-refractivity contribution in [2.45, 2.75) is 16.6 Å². The molecule has 0 spiro atoms. The van der Waals surface area contributed by atoms with E-state index in [0.717, 1.165) is 22.1 Å². The SMILES string of the molecule is Cc1cc2c(c3ccc4ccccc4c13)C(Br)(Br)CC2=O. The van der Waals surface area contributed by atoms with Gasteiger partial charge in [0.2, 0.25) is 0 Å². The fourth-order valence-corrected chi connectivity index (χ4v) is 4.77. The van der Waals surface area contributed by atoms with Crippen molar-refractivity contribution in [1.29, 1.82) is 0 Å². The van der Waals surface area contributed by atoms with Crippen LogP contribution in [0.2, 0.25) is 0 Å². The van der Waals surface area contributed by atoms with Gasteiger partial charge in [-0.1, -0.05) is 68.3 Å². The van der Waals surface area contributed by atoms with Crippen LogP contribution in [-0.4, -0.2) is 5.78 Å². The summed E-state index contributed by atoms with van der Waals surface area (Å²) in [5, 5.41) is 4.87. The van der Waals surface area contributed by atoms with Crippen molar-refractivity contribution in [2.75, 3.05) is 0 Å². The first-order valence-electron chi connectivity index (χ1n) is 6.85. The topological polar surface area (TPSA) is 17.1 Å². The monoisotopic (exact) mass is 402 g/mol. The van der Waals surface area contributed by atoms with Gasteiger partial charge in [0.25, 0.3) is 0 Å². The molecule has 0 radical (unpaired) electrons. The van der Waals surface area contributed by atoms with E-state index >= 15 is 0 Å². The summed E-state index contributed by atoms with van der Waals surface area (Å²) in [6, 6.07) is 14.7. The van der Waals surface area contributed by atoms with E-state index in [1.165, 1.54) is 16.2 Å². The van der Waals surface area contributed by atoms with Gasteiger partial charge in [0.15, 0.2) is 5.78 Å². The number of carbonyl (C=O) groups excluding carboxylic acids is 1. The zero-order valence-electron chi connectivity index (χ0n) is 11.4. The lowest BCUT2D eigenvalue weighted by Crippen LogP contribution is -2.04. The molecule has 0 saturated heterocycles. The number of alkyl halides is 2. The first-order valence-corrected chi connectivity index (χ1v) is 8.44. The normalized spacial score (nSPS) is 16.6. The minimum atomic E-state index is -0.444. The lowest BCUT2D eigenvalue weighted by molar-refractivity contribution is 0.0993. The molecule has 3 aromatic carbocycles. The zero-order valence-corrected chi connectivity index (χ0v) is 14.6. The number of hydrogen-bond acceptors (Lipinski definition) is 1. The maximum Gasteiger partial charge on any atom is 0.165 e. The lowest BCUT2D eigenvalue weighted by atomic mass is 9.92. The van der Waals surface area contributed by atoms with Gasteiger partial charge in [0, 0.05) is 12.0 Å². The Bertz CT molecular complexity index is 925. The van der Waals surface area contributed by atoms with Gasteiger partial charge in [-0.2, -0.15) is 0 Å². The van der Waals surface area contributed by atoms with Gasteiger partial charge in [0.1, 0.15) is 3.23 Å². The Kier molecular flexibility index (Phi) is 2.82. The second-order valence-electron chi connectivity index (χ2n) is 5.63. The summed E-state index contributed by atoms with van der Waals surface area (Å²) in [6.45, 7) is 2.09. The number of halogens is 2. The Morgan fingerprint density at radius 3 is 2.62 bits per heavy atom. The third kappa shape index (κ3) is 1.84. The van der Waals surface area contributed by atoms with Gasteiger partial charge in [-0.3, -0.25) is 4.79 Å². The Morgan fingerprint density at radius 1 is 1.05 bits per heavy atom. The van der Waals surface area contributed by atoms with Gasteiger partial charge in [-0.15, -0.1) is 0 Å². The molecular formula is C18H12Br2O. The van der Waals surface area contributed by atoms with Crippen LogP contribution in [0.3, 0.4) is 0 Å². The molecule has 0 unspecified atom stereocenters. The van der Waals surface area contributed by atoms with Crippen LogP contribution in [0.5, 0.6) is 0 Å². The molecular weight excluding hydrogens is 392 g/mol. The number of hydrogen-bond donors (Lipinski definition) is 0. The van der Waals surface area contributed by atoms with Crippen molar-refractivity contribution in [3.63, 3.8) is 0 Å². The van der Waals surface area contributed by atoms with E-state index in [1.54, 1.807) is 0 Å². The largest absolute Gasteiger partial charge is 0.294 e. The Hall–Kier alpha value is -1.19. The second-order valence-corrected chi connectivity index (χ2v) is 9.40. The first-order chi connectivity index (χ1) is 9.99. The van der Waals surface area contributed by atoms with Crippen molar-refractivity contribution in [3.05, 3.63) is 59.2 Å². The fraction of sp³-hybridized carbons (Fsp3) is 0.167. The molecule has 0 bridgehead atoms. The molecule has 1 aliphatic rings. The average Bonchev–Trinajstić information content (AvgIpc) is 2.68. The molecule has 0 aromatic heterocycles. The highest BCUT2D eigenvalue weighted by atomic mass is 79.9. The van der Waals surface area contributed by atoms with Gasteiger partial charge in [0.05, 0.1) is 0 Å². The minimum Gasteiger partial charge on any atom is -0.294 e. The van der Waals surface area contributed by atoms with Gasteiger partial charge < -0.3 is 0 Å². The molecule has 0 N–H and O–H groups in total. The van der Waals surface area contributed by atoms with Gasteiger partial charge >= 0.3 is 0 Å². The predicted octanol–water partition coefficient (Wildman–Crippen LogP) is 5.83. The average molecular weight is 404 g/mol. The molecule has 1 nitrogen and oxygen atoms in total. The van der Waals surface area contributed by atoms with Crippen molar-refractivity contribution in [1.82, 2.24) is 0 Å². The van der Waals surface area contributed by atoms with E-state index in [9.17, 15) is 4.79 Å². The van der Waals surface area contributed by atoms with E-state index in [2.05, 4.69) is 75.2 Å². The number of ketones is 1. The summed E-state index contributed by atoms with van der Waals surface area (Å²) >= 11 is 7.37. The zero-order chi connectivity index (χ0) is 14.8. The van der Waals surface area contributed by atoms with Crippen LogP contribution in [-0.2, 0) is 3.23 Å². The maximum atomic E-state index is 12.3. The van der Waals surface area contributed by atoms with Crippen LogP contribution in [0.1, 0.15) is 27.9 Å². The number of rotatable bonds is 0. The molecule has 0 aliphatic heterocycles. The number of aryl methyl sites for hydroxylation is 1. The van der Waals surface area contributed by atoms with Crippen molar-refractivity contribution >= 4 is 59.2 Å². The molecule has 0 atom stereocenters. The Balaban J connectivity index is 2.27. The third-order valence-electron chi connectivity index (χ3n) is 4.27. The molecule has 4 rings (SSSR count). The molecule has 3 aromatic rings. The molecule has 104 valence electrons. The number of carbonyl (C=O) groups is 1. The second kappa shape index (κ2) is 4.40. The van der Waals surface area contributed by atoms with E-state index in [1.807, 2.05) is 6.07 Å². The van der Waals surface area contributed by atoms with Crippen LogP contribution < -0.4 is 0 Å². The minimum absolute atomic E-state index is 0.192. The number of fused-ring (bicyclic) bond motifs is 5. The summed E-state index contributed by atoms with van der Waals surface area (Å²) in [4.78, 5) is 12.3. The highest BCUT2D eigenvalue weighted by Crippen LogP contribution is 2.52. The van der Waals surface area contributed by atoms with E-state index in [4.69, 9.17) is 0 Å². The lowest BCUT2D eigenvalue weighted by Gasteiger charge is -2.18. The number of Topliss-reactive ketones (excluding diaryl/α,β-unsaturated/α-hetero) is 1. The molecule has 0 amide bonds. The maximum absolute atomic E-state index is 12.3. The highest BCUT2D eigenvalue weighted by Gasteiger charge is 2.41. The Morgan fingerprint density at radius 2 is 1.81 bits per heavy atom. The Labute approximate surface area is 139 Å². The van der Waals surface area contributed by atoms with Gasteiger partial charge in [-0.05, 0) is 45.7 Å². The van der Waals surface area contributed by atoms with Crippen LogP contribution in [0.15, 0.2) is 42.5 Å². The summed E-state index contributed by atoms with van der Waals surface area (Å²) in [6.07, 6.45) is 0.452. The first kappa shape index (κ1) is 13.5. The van der Waals surface area contributed by atoms with Crippen molar-refractivity contribution in [3.8, 4) is 0 Å². The van der Waals surface area contributed by atoms with Crippen LogP contribution >= 0.6 is 31.9 Å².